The molecule has 0 nitrogen and oxygen atoms in total. The third-order valence-electron chi connectivity index (χ3n) is 3.81. The van der Waals surface area contributed by atoms with Gasteiger partial charge in [0.2, 0.25) is 0 Å². The van der Waals surface area contributed by atoms with E-state index in [4.69, 9.17) is 0 Å². The molecule has 0 fully saturated rings. The zero-order valence-corrected chi connectivity index (χ0v) is 13.9. The van der Waals surface area contributed by atoms with E-state index in [-0.39, 0.29) is 5.41 Å². The maximum atomic E-state index is 2.39. The molecule has 0 amide bonds. The minimum atomic E-state index is 0.258. The maximum Gasteiger partial charge on any atom is -0.00931 e. The molecule has 1 aromatic carbocycles. The average Bonchev–Trinajstić information content (AvgIpc) is 2.41. The number of rotatable bonds is 9. The standard InChI is InChI=1S/C20H32/c1-5-6-7-8-9-10-11-12-13-18-14-16-19(17-15-18)20(2,3)4/h6,13-17H,5,7-12H2,1-4H3. The predicted octanol–water partition coefficient (Wildman–Crippen LogP) is 6.49. The normalized spacial score (nSPS) is 11.8. The van der Waals surface area contributed by atoms with Crippen LogP contribution in [0.4, 0.5) is 0 Å². The van der Waals surface area contributed by atoms with E-state index in [1.807, 2.05) is 0 Å². The molecule has 1 rings (SSSR count). The van der Waals surface area contributed by atoms with Crippen molar-refractivity contribution in [1.82, 2.24) is 0 Å². The van der Waals surface area contributed by atoms with Gasteiger partial charge < -0.3 is 0 Å². The Morgan fingerprint density at radius 1 is 0.850 bits per heavy atom. The molecule has 0 heteroatoms. The van der Waals surface area contributed by atoms with Crippen molar-refractivity contribution >= 4 is 0 Å². The number of benzene rings is 1. The van der Waals surface area contributed by atoms with Crippen molar-refractivity contribution in [3.8, 4) is 0 Å². The van der Waals surface area contributed by atoms with E-state index in [9.17, 15) is 0 Å². The van der Waals surface area contributed by atoms with E-state index in [1.165, 1.54) is 56.1 Å². The molecule has 0 aromatic heterocycles. The monoisotopic (exact) mass is 272 g/mol. The number of unbranched alkanes of at least 4 members (excludes halogenated alkanes) is 7. The summed E-state index contributed by atoms with van der Waals surface area (Å²) in [4.78, 5) is 0. The first-order valence-electron chi connectivity index (χ1n) is 8.29. The molecule has 0 heterocycles. The van der Waals surface area contributed by atoms with Crippen molar-refractivity contribution in [1.29, 1.82) is 0 Å². The molecular weight excluding hydrogens is 240 g/mol. The molecule has 0 atom stereocenters. The fourth-order valence-corrected chi connectivity index (χ4v) is 2.38. The maximum absolute atomic E-state index is 2.39. The second-order valence-corrected chi connectivity index (χ2v) is 6.76. The van der Waals surface area contributed by atoms with Gasteiger partial charge in [-0.25, -0.2) is 0 Å². The number of hydrogen-bond donors (Lipinski definition) is 0. The lowest BCUT2D eigenvalue weighted by Crippen LogP contribution is -2.10. The summed E-state index contributed by atoms with van der Waals surface area (Å²) >= 11 is 0. The highest BCUT2D eigenvalue weighted by Crippen LogP contribution is 2.23. The van der Waals surface area contributed by atoms with Crippen molar-refractivity contribution < 1.29 is 0 Å². The van der Waals surface area contributed by atoms with Gasteiger partial charge in [-0.15, -0.1) is 0 Å². The average molecular weight is 272 g/mol. The second kappa shape index (κ2) is 9.21. The summed E-state index contributed by atoms with van der Waals surface area (Å²) in [6.07, 6.45) is 14.0. The Morgan fingerprint density at radius 3 is 2.00 bits per heavy atom. The zero-order valence-electron chi connectivity index (χ0n) is 13.9. The van der Waals surface area contributed by atoms with Gasteiger partial charge in [0.15, 0.2) is 0 Å². The van der Waals surface area contributed by atoms with Crippen LogP contribution < -0.4 is 0 Å². The van der Waals surface area contributed by atoms with Crippen LogP contribution in [0.25, 0.3) is 0 Å². The van der Waals surface area contributed by atoms with E-state index in [0.717, 1.165) is 0 Å². The molecule has 20 heavy (non-hydrogen) atoms. The van der Waals surface area contributed by atoms with Gasteiger partial charge in [0.05, 0.1) is 0 Å². The Labute approximate surface area is 127 Å². The Balaban J connectivity index is 2.13. The highest BCUT2D eigenvalue weighted by Gasteiger charge is 2.12. The smallest absolute Gasteiger partial charge is 0.00931 e. The zero-order chi connectivity index (χ0) is 14.8. The molecule has 0 unspecified atom stereocenters. The van der Waals surface area contributed by atoms with Crippen LogP contribution in [0.5, 0.6) is 0 Å². The van der Waals surface area contributed by atoms with Crippen LogP contribution in [-0.2, 0) is 5.41 Å². The fourth-order valence-electron chi connectivity index (χ4n) is 2.38. The molecule has 112 valence electrons. The Bertz CT molecular complexity index is 339. The van der Waals surface area contributed by atoms with Crippen LogP contribution in [0.15, 0.2) is 24.3 Å². The van der Waals surface area contributed by atoms with E-state index in [1.54, 1.807) is 0 Å². The highest BCUT2D eigenvalue weighted by molar-refractivity contribution is 5.30. The molecule has 0 spiro atoms. The van der Waals surface area contributed by atoms with Crippen molar-refractivity contribution in [3.63, 3.8) is 0 Å². The van der Waals surface area contributed by atoms with Crippen LogP contribution in [-0.4, -0.2) is 0 Å². The molecule has 0 N–H and O–H groups in total. The summed E-state index contributed by atoms with van der Waals surface area (Å²) in [7, 11) is 0. The first kappa shape index (κ1) is 17.3. The fraction of sp³-hybridized carbons (Fsp3) is 0.600. The quantitative estimate of drug-likeness (QED) is 0.451. The third kappa shape index (κ3) is 7.12. The predicted molar refractivity (Wildman–Crippen MR) is 90.8 cm³/mol. The topological polar surface area (TPSA) is 0 Å². The van der Waals surface area contributed by atoms with Gasteiger partial charge in [-0.05, 0) is 35.8 Å². The SMILES string of the molecule is CC[CH]CCCCCC[CH]c1ccc(C(C)(C)C)cc1. The van der Waals surface area contributed by atoms with Gasteiger partial charge in [0.25, 0.3) is 0 Å². The number of hydrogen-bond acceptors (Lipinski definition) is 0. The van der Waals surface area contributed by atoms with Gasteiger partial charge in [-0.2, -0.15) is 0 Å². The van der Waals surface area contributed by atoms with E-state index >= 15 is 0 Å². The van der Waals surface area contributed by atoms with Crippen LogP contribution >= 0.6 is 0 Å². The third-order valence-corrected chi connectivity index (χ3v) is 3.81. The molecular formula is C20H32. The highest BCUT2D eigenvalue weighted by atomic mass is 14.2. The van der Waals surface area contributed by atoms with Crippen molar-refractivity contribution in [3.05, 3.63) is 48.2 Å². The molecule has 0 bridgehead atoms. The molecule has 1 aromatic rings. The van der Waals surface area contributed by atoms with Crippen molar-refractivity contribution in [2.75, 3.05) is 0 Å². The van der Waals surface area contributed by atoms with E-state index in [2.05, 4.69) is 64.8 Å². The molecule has 0 saturated heterocycles. The van der Waals surface area contributed by atoms with Gasteiger partial charge in [0, 0.05) is 0 Å². The summed E-state index contributed by atoms with van der Waals surface area (Å²) in [5, 5.41) is 0. The lowest BCUT2D eigenvalue weighted by atomic mass is 9.86. The van der Waals surface area contributed by atoms with E-state index in [0.29, 0.717) is 0 Å². The Morgan fingerprint density at radius 2 is 1.45 bits per heavy atom. The molecule has 0 aliphatic heterocycles. The first-order chi connectivity index (χ1) is 9.54. The molecule has 0 aliphatic carbocycles. The Hall–Kier alpha value is -0.780. The summed E-state index contributed by atoms with van der Waals surface area (Å²) in [5.74, 6) is 0. The van der Waals surface area contributed by atoms with Gasteiger partial charge in [-0.3, -0.25) is 0 Å². The minimum Gasteiger partial charge on any atom is -0.0651 e. The summed E-state index contributed by atoms with van der Waals surface area (Å²) in [6.45, 7) is 9.02. The van der Waals surface area contributed by atoms with Gasteiger partial charge in [-0.1, -0.05) is 90.5 Å². The Kier molecular flexibility index (Phi) is 7.95. The van der Waals surface area contributed by atoms with Crippen LogP contribution in [0.1, 0.15) is 83.8 Å². The lowest BCUT2D eigenvalue weighted by Gasteiger charge is -2.19. The van der Waals surface area contributed by atoms with E-state index < -0.39 is 0 Å². The van der Waals surface area contributed by atoms with Gasteiger partial charge in [0.1, 0.15) is 0 Å². The summed E-state index contributed by atoms with van der Waals surface area (Å²) in [5.41, 5.74) is 3.05. The lowest BCUT2D eigenvalue weighted by molar-refractivity contribution is 0.590. The largest absolute Gasteiger partial charge is 0.0651 e. The molecule has 2 radical (unpaired) electrons. The van der Waals surface area contributed by atoms with Crippen molar-refractivity contribution in [2.24, 2.45) is 0 Å². The summed E-state index contributed by atoms with van der Waals surface area (Å²) in [6, 6.07) is 9.06. The second-order valence-electron chi connectivity index (χ2n) is 6.76. The van der Waals surface area contributed by atoms with Gasteiger partial charge >= 0.3 is 0 Å². The molecule has 0 aliphatic rings. The minimum absolute atomic E-state index is 0.258. The van der Waals surface area contributed by atoms with Crippen LogP contribution in [0.3, 0.4) is 0 Å². The van der Waals surface area contributed by atoms with Crippen LogP contribution in [0, 0.1) is 12.8 Å². The van der Waals surface area contributed by atoms with Crippen LogP contribution in [0.2, 0.25) is 0 Å². The summed E-state index contributed by atoms with van der Waals surface area (Å²) < 4.78 is 0. The first-order valence-corrected chi connectivity index (χ1v) is 8.29. The molecule has 0 saturated carbocycles. The van der Waals surface area contributed by atoms with Crippen molar-refractivity contribution in [2.45, 2.75) is 78.1 Å².